The number of aliphatic hydroxyl groups excluding tert-OH is 1. The van der Waals surface area contributed by atoms with Crippen LogP contribution >= 0.6 is 15.6 Å². The SMILES string of the molecule is CCCCCCCCCCCCCCCCCCCCCCCC(=O)OC[C@H](COP(=O)(O)OC[C@@H](O)COP(=O)(O)OC[C@@H](COC(=O)CCCCCCCCCC)OC(=O)CCCCCCCCCCCCCCCCCCC(C)C)OC(=O)CCCCCCCCCCCCCCCCCCCCC(C)CC. The predicted molar refractivity (Wildman–Crippen MR) is 455 cm³/mol. The first-order valence-electron chi connectivity index (χ1n) is 47.0. The fourth-order valence-electron chi connectivity index (χ4n) is 14.3. The van der Waals surface area contributed by atoms with Crippen molar-refractivity contribution in [3.8, 4) is 0 Å². The molecule has 0 spiro atoms. The molecule has 19 heteroatoms. The summed E-state index contributed by atoms with van der Waals surface area (Å²) in [5.41, 5.74) is 0. The van der Waals surface area contributed by atoms with E-state index in [9.17, 15) is 43.2 Å². The molecule has 110 heavy (non-hydrogen) atoms. The molecule has 3 N–H and O–H groups in total. The zero-order valence-electron chi connectivity index (χ0n) is 72.6. The number of rotatable bonds is 90. The molecule has 3 unspecified atom stereocenters. The summed E-state index contributed by atoms with van der Waals surface area (Å²) in [6.07, 6.45) is 76.6. The molecular formula is C91H178O17P2. The third-order valence-electron chi connectivity index (χ3n) is 21.8. The maximum Gasteiger partial charge on any atom is 0.472 e. The van der Waals surface area contributed by atoms with Gasteiger partial charge in [0.1, 0.15) is 19.3 Å². The number of esters is 4. The van der Waals surface area contributed by atoms with Crippen LogP contribution in [0.5, 0.6) is 0 Å². The number of carbonyl (C=O) groups is 4. The van der Waals surface area contributed by atoms with Crippen molar-refractivity contribution in [2.24, 2.45) is 11.8 Å². The zero-order chi connectivity index (χ0) is 80.6. The van der Waals surface area contributed by atoms with Crippen LogP contribution in [0.2, 0.25) is 0 Å². The minimum Gasteiger partial charge on any atom is -0.462 e. The number of unbranched alkanes of at least 4 members (excludes halogenated alkanes) is 59. The Bertz CT molecular complexity index is 2100. The van der Waals surface area contributed by atoms with Crippen LogP contribution in [0.3, 0.4) is 0 Å². The van der Waals surface area contributed by atoms with Crippen molar-refractivity contribution in [1.29, 1.82) is 0 Å². The van der Waals surface area contributed by atoms with Crippen molar-refractivity contribution in [2.45, 2.75) is 509 Å². The van der Waals surface area contributed by atoms with E-state index in [2.05, 4.69) is 41.5 Å². The Labute approximate surface area is 677 Å². The molecular weight excluding hydrogens is 1430 g/mol. The molecule has 0 fully saturated rings. The van der Waals surface area contributed by atoms with Gasteiger partial charge in [-0.15, -0.1) is 0 Å². The van der Waals surface area contributed by atoms with Gasteiger partial charge in [0.25, 0.3) is 0 Å². The lowest BCUT2D eigenvalue weighted by atomic mass is 9.99. The van der Waals surface area contributed by atoms with Gasteiger partial charge in [-0.1, -0.05) is 440 Å². The minimum absolute atomic E-state index is 0.108. The highest BCUT2D eigenvalue weighted by Gasteiger charge is 2.31. The second-order valence-electron chi connectivity index (χ2n) is 33.4. The topological polar surface area (TPSA) is 237 Å². The van der Waals surface area contributed by atoms with Crippen LogP contribution in [0.15, 0.2) is 0 Å². The maximum absolute atomic E-state index is 13.2. The predicted octanol–water partition coefficient (Wildman–Crippen LogP) is 28.2. The first-order chi connectivity index (χ1) is 53.4. The summed E-state index contributed by atoms with van der Waals surface area (Å²) in [6, 6.07) is 0. The molecule has 0 bridgehead atoms. The van der Waals surface area contributed by atoms with Crippen LogP contribution in [-0.4, -0.2) is 96.7 Å². The number of hydrogen-bond donors (Lipinski definition) is 3. The molecule has 0 heterocycles. The summed E-state index contributed by atoms with van der Waals surface area (Å²) in [6.45, 7) is 9.77. The summed E-state index contributed by atoms with van der Waals surface area (Å²) >= 11 is 0. The highest BCUT2D eigenvalue weighted by atomic mass is 31.2. The molecule has 0 aliphatic heterocycles. The average molecular weight is 1610 g/mol. The Morgan fingerprint density at radius 3 is 0.691 bits per heavy atom. The second kappa shape index (κ2) is 82.2. The van der Waals surface area contributed by atoms with Gasteiger partial charge in [-0.2, -0.15) is 0 Å². The van der Waals surface area contributed by atoms with E-state index < -0.39 is 97.5 Å². The standard InChI is InChI=1S/C91H178O17P2/c1-7-10-12-14-16-18-19-20-21-22-23-24-25-29-35-40-45-50-56-62-68-74-89(94)102-80-87(108-91(96)76-69-63-57-51-46-41-36-30-27-26-28-34-39-44-49-54-60-66-72-84(6)9-3)82-106-110(99,100)104-78-85(92)77-103-109(97,98)105-81-86(79-101-88(93)73-67-61-55-17-15-13-11-8-2)107-90(95)75-70-64-58-52-47-42-37-32-31-33-38-43-48-53-59-65-71-83(4)5/h83-87,92H,7-82H2,1-6H3,(H,97,98)(H,99,100)/t84?,85-,86+,87+/m0/s1. The Morgan fingerprint density at radius 2 is 0.464 bits per heavy atom. The van der Waals surface area contributed by atoms with E-state index in [4.69, 9.17) is 37.0 Å². The third kappa shape index (κ3) is 82.6. The fourth-order valence-corrected chi connectivity index (χ4v) is 15.9. The number of carbonyl (C=O) groups excluding carboxylic acids is 4. The van der Waals surface area contributed by atoms with E-state index in [0.29, 0.717) is 25.7 Å². The van der Waals surface area contributed by atoms with Crippen LogP contribution in [0.25, 0.3) is 0 Å². The van der Waals surface area contributed by atoms with Crippen LogP contribution in [0.4, 0.5) is 0 Å². The first kappa shape index (κ1) is 108. The van der Waals surface area contributed by atoms with Crippen LogP contribution in [0.1, 0.15) is 491 Å². The number of aliphatic hydroxyl groups is 1. The molecule has 0 amide bonds. The Morgan fingerprint density at radius 1 is 0.264 bits per heavy atom. The Balaban J connectivity index is 5.17. The highest BCUT2D eigenvalue weighted by molar-refractivity contribution is 7.47. The van der Waals surface area contributed by atoms with Gasteiger partial charge < -0.3 is 33.8 Å². The summed E-state index contributed by atoms with van der Waals surface area (Å²) < 4.78 is 69.0. The van der Waals surface area contributed by atoms with Crippen LogP contribution in [0, 0.1) is 11.8 Å². The van der Waals surface area contributed by atoms with Crippen molar-refractivity contribution >= 4 is 39.5 Å². The van der Waals surface area contributed by atoms with Crippen molar-refractivity contribution in [3.05, 3.63) is 0 Å². The van der Waals surface area contributed by atoms with Crippen LogP contribution in [-0.2, 0) is 65.4 Å². The van der Waals surface area contributed by atoms with Crippen molar-refractivity contribution in [1.82, 2.24) is 0 Å². The van der Waals surface area contributed by atoms with Gasteiger partial charge in [-0.25, -0.2) is 9.13 Å². The van der Waals surface area contributed by atoms with Gasteiger partial charge in [-0.05, 0) is 37.5 Å². The highest BCUT2D eigenvalue weighted by Crippen LogP contribution is 2.45. The van der Waals surface area contributed by atoms with E-state index >= 15 is 0 Å². The molecule has 0 saturated carbocycles. The van der Waals surface area contributed by atoms with Crippen molar-refractivity contribution < 1.29 is 80.2 Å². The van der Waals surface area contributed by atoms with Gasteiger partial charge in [0, 0.05) is 25.7 Å². The van der Waals surface area contributed by atoms with E-state index in [1.54, 1.807) is 0 Å². The second-order valence-corrected chi connectivity index (χ2v) is 36.3. The summed E-state index contributed by atoms with van der Waals surface area (Å²) in [7, 11) is -9.93. The summed E-state index contributed by atoms with van der Waals surface area (Å²) in [4.78, 5) is 73.3. The molecule has 0 saturated heterocycles. The quantitative estimate of drug-likeness (QED) is 0.0222. The number of ether oxygens (including phenoxy) is 4. The van der Waals surface area contributed by atoms with E-state index in [1.165, 1.54) is 302 Å². The third-order valence-corrected chi connectivity index (χ3v) is 23.7. The van der Waals surface area contributed by atoms with E-state index in [-0.39, 0.29) is 25.7 Å². The number of hydrogen-bond acceptors (Lipinski definition) is 15. The lowest BCUT2D eigenvalue weighted by Gasteiger charge is -2.21. The monoisotopic (exact) mass is 1610 g/mol. The van der Waals surface area contributed by atoms with Gasteiger partial charge in [0.15, 0.2) is 12.2 Å². The molecule has 0 rings (SSSR count). The normalized spacial score (nSPS) is 14.0. The molecule has 0 aliphatic carbocycles. The van der Waals surface area contributed by atoms with E-state index in [0.717, 1.165) is 108 Å². The lowest BCUT2D eigenvalue weighted by molar-refractivity contribution is -0.161. The fraction of sp³-hybridized carbons (Fsp3) is 0.956. The number of phosphoric acid groups is 2. The first-order valence-corrected chi connectivity index (χ1v) is 50.0. The lowest BCUT2D eigenvalue weighted by Crippen LogP contribution is -2.30. The summed E-state index contributed by atoms with van der Waals surface area (Å²) in [5, 5.41) is 10.7. The zero-order valence-corrected chi connectivity index (χ0v) is 74.4. The molecule has 6 atom stereocenters. The van der Waals surface area contributed by atoms with E-state index in [1.807, 2.05) is 0 Å². The maximum atomic E-state index is 13.2. The van der Waals surface area contributed by atoms with Crippen molar-refractivity contribution in [2.75, 3.05) is 39.6 Å². The van der Waals surface area contributed by atoms with Gasteiger partial charge in [0.05, 0.1) is 26.4 Å². The molecule has 0 radical (unpaired) electrons. The molecule has 0 aromatic heterocycles. The molecule has 0 aromatic carbocycles. The molecule has 654 valence electrons. The average Bonchev–Trinajstić information content (AvgIpc) is 0.898. The largest absolute Gasteiger partial charge is 0.472 e. The van der Waals surface area contributed by atoms with Gasteiger partial charge >= 0.3 is 39.5 Å². The van der Waals surface area contributed by atoms with Crippen molar-refractivity contribution in [3.63, 3.8) is 0 Å². The summed E-state index contributed by atoms with van der Waals surface area (Å²) in [5.74, 6) is -0.419. The Hall–Kier alpha value is -1.94. The Kier molecular flexibility index (Phi) is 80.7. The smallest absolute Gasteiger partial charge is 0.462 e. The molecule has 0 aromatic rings. The van der Waals surface area contributed by atoms with Crippen LogP contribution < -0.4 is 0 Å². The van der Waals surface area contributed by atoms with Gasteiger partial charge in [-0.3, -0.25) is 37.3 Å². The van der Waals surface area contributed by atoms with Gasteiger partial charge in [0.2, 0.25) is 0 Å². The number of phosphoric ester groups is 2. The molecule has 17 nitrogen and oxygen atoms in total. The molecule has 0 aliphatic rings. The minimum atomic E-state index is -4.97.